The minimum absolute atomic E-state index is 0.0319. The number of anilines is 1. The Kier molecular flexibility index (Phi) is 7.22. The molecule has 3 rings (SSSR count). The van der Waals surface area contributed by atoms with Gasteiger partial charge in [0.25, 0.3) is 11.8 Å². The maximum Gasteiger partial charge on any atom is 0.261 e. The van der Waals surface area contributed by atoms with Crippen LogP contribution >= 0.6 is 28.1 Å². The Morgan fingerprint density at radius 1 is 1.07 bits per heavy atom. The van der Waals surface area contributed by atoms with Crippen LogP contribution in [0.2, 0.25) is 0 Å². The highest BCUT2D eigenvalue weighted by Gasteiger charge is 2.21. The van der Waals surface area contributed by atoms with Gasteiger partial charge in [0, 0.05) is 17.6 Å². The molecule has 1 saturated heterocycles. The molecule has 0 radical (unpaired) electrons. The van der Waals surface area contributed by atoms with Gasteiger partial charge in [0.05, 0.1) is 23.9 Å². The molecule has 2 aromatic carbocycles. The van der Waals surface area contributed by atoms with E-state index in [0.717, 1.165) is 36.8 Å². The van der Waals surface area contributed by atoms with Crippen molar-refractivity contribution in [2.45, 2.75) is 19.3 Å². The highest BCUT2D eigenvalue weighted by molar-refractivity contribution is 9.10. The number of methoxy groups -OCH3 is 1. The van der Waals surface area contributed by atoms with Crippen molar-refractivity contribution in [1.82, 2.24) is 10.2 Å². The topological polar surface area (TPSA) is 70.7 Å². The Bertz CT molecular complexity index is 929. The van der Waals surface area contributed by atoms with Crippen LogP contribution in [0.15, 0.2) is 46.9 Å². The number of rotatable bonds is 4. The first kappa shape index (κ1) is 21.3. The Balaban J connectivity index is 1.72. The number of carbonyl (C=O) groups excluding carboxylic acids is 2. The van der Waals surface area contributed by atoms with Crippen LogP contribution < -0.4 is 15.4 Å². The predicted molar refractivity (Wildman–Crippen MR) is 121 cm³/mol. The third-order valence-electron chi connectivity index (χ3n) is 4.68. The molecule has 2 N–H and O–H groups in total. The van der Waals surface area contributed by atoms with Crippen LogP contribution in [0.5, 0.6) is 5.75 Å². The lowest BCUT2D eigenvalue weighted by molar-refractivity contribution is 0.0725. The second kappa shape index (κ2) is 9.84. The molecule has 0 spiro atoms. The number of likely N-dealkylation sites (tertiary alicyclic amines) is 1. The summed E-state index contributed by atoms with van der Waals surface area (Å²) < 4.78 is 5.99. The fourth-order valence-corrected chi connectivity index (χ4v) is 3.79. The molecule has 2 aromatic rings. The number of halogens is 1. The van der Waals surface area contributed by atoms with Crippen molar-refractivity contribution < 1.29 is 14.3 Å². The summed E-state index contributed by atoms with van der Waals surface area (Å²) >= 11 is 8.66. The average molecular weight is 476 g/mol. The molecular formula is C21H22BrN3O3S. The summed E-state index contributed by atoms with van der Waals surface area (Å²) in [7, 11) is 1.50. The van der Waals surface area contributed by atoms with Gasteiger partial charge >= 0.3 is 0 Å². The van der Waals surface area contributed by atoms with Gasteiger partial charge in [-0.05, 0) is 61.8 Å². The first-order valence-electron chi connectivity index (χ1n) is 9.34. The monoisotopic (exact) mass is 475 g/mol. The number of nitrogens with one attached hydrogen (secondary N) is 2. The molecule has 1 heterocycles. The van der Waals surface area contributed by atoms with E-state index in [1.165, 1.54) is 7.11 Å². The number of amides is 2. The molecule has 0 bridgehead atoms. The Hall–Kier alpha value is -2.45. The largest absolute Gasteiger partial charge is 0.496 e. The van der Waals surface area contributed by atoms with E-state index in [2.05, 4.69) is 26.6 Å². The van der Waals surface area contributed by atoms with Crippen molar-refractivity contribution in [2.24, 2.45) is 0 Å². The van der Waals surface area contributed by atoms with Gasteiger partial charge in [0.15, 0.2) is 5.11 Å². The van der Waals surface area contributed by atoms with Crippen LogP contribution in [0.3, 0.4) is 0 Å². The molecule has 29 heavy (non-hydrogen) atoms. The number of carbonyl (C=O) groups is 2. The van der Waals surface area contributed by atoms with Crippen molar-refractivity contribution >= 4 is 50.8 Å². The number of benzene rings is 2. The normalized spacial score (nSPS) is 13.5. The molecule has 0 atom stereocenters. The summed E-state index contributed by atoms with van der Waals surface area (Å²) in [6.07, 6.45) is 3.19. The molecule has 1 fully saturated rings. The number of para-hydroxylation sites is 1. The molecule has 1 aliphatic heterocycles. The van der Waals surface area contributed by atoms with Crippen LogP contribution in [0, 0.1) is 0 Å². The minimum Gasteiger partial charge on any atom is -0.496 e. The van der Waals surface area contributed by atoms with E-state index in [4.69, 9.17) is 17.0 Å². The van der Waals surface area contributed by atoms with E-state index in [-0.39, 0.29) is 11.0 Å². The van der Waals surface area contributed by atoms with E-state index >= 15 is 0 Å². The fraction of sp³-hybridized carbons (Fsp3) is 0.286. The van der Waals surface area contributed by atoms with Gasteiger partial charge in [-0.1, -0.05) is 28.1 Å². The lowest BCUT2D eigenvalue weighted by atomic mass is 10.1. The second-order valence-electron chi connectivity index (χ2n) is 6.65. The molecule has 152 valence electrons. The Morgan fingerprint density at radius 3 is 2.52 bits per heavy atom. The van der Waals surface area contributed by atoms with Gasteiger partial charge in [-0.2, -0.15) is 0 Å². The molecule has 0 saturated carbocycles. The molecule has 6 nitrogen and oxygen atoms in total. The summed E-state index contributed by atoms with van der Waals surface area (Å²) in [5.41, 5.74) is 1.45. The van der Waals surface area contributed by atoms with E-state index in [1.54, 1.807) is 30.3 Å². The first-order chi connectivity index (χ1) is 14.0. The summed E-state index contributed by atoms with van der Waals surface area (Å²) in [5.74, 6) is 0.00486. The van der Waals surface area contributed by atoms with Crippen LogP contribution in [-0.2, 0) is 0 Å². The second-order valence-corrected chi connectivity index (χ2v) is 7.98. The highest BCUT2D eigenvalue weighted by Crippen LogP contribution is 2.23. The van der Waals surface area contributed by atoms with E-state index in [0.29, 0.717) is 22.6 Å². The fourth-order valence-electron chi connectivity index (χ4n) is 3.23. The lowest BCUT2D eigenvalue weighted by Crippen LogP contribution is -2.37. The highest BCUT2D eigenvalue weighted by atomic mass is 79.9. The first-order valence-corrected chi connectivity index (χ1v) is 10.5. The summed E-state index contributed by atoms with van der Waals surface area (Å²) in [6.45, 7) is 1.52. The van der Waals surface area contributed by atoms with Crippen molar-refractivity contribution in [2.75, 3.05) is 25.5 Å². The Labute approximate surface area is 183 Å². The van der Waals surface area contributed by atoms with E-state index < -0.39 is 5.91 Å². The number of hydrogen-bond acceptors (Lipinski definition) is 4. The molecule has 8 heteroatoms. The van der Waals surface area contributed by atoms with Gasteiger partial charge in [0.2, 0.25) is 0 Å². The van der Waals surface area contributed by atoms with Crippen LogP contribution in [0.25, 0.3) is 0 Å². The summed E-state index contributed by atoms with van der Waals surface area (Å²) in [4.78, 5) is 27.4. The van der Waals surface area contributed by atoms with Crippen LogP contribution in [0.4, 0.5) is 5.69 Å². The quantitative estimate of drug-likeness (QED) is 0.648. The maximum atomic E-state index is 12.9. The summed E-state index contributed by atoms with van der Waals surface area (Å²) in [5, 5.41) is 5.74. The SMILES string of the molecule is COc1ccc(Br)cc1C(=O)NC(=S)Nc1ccccc1C(=O)N1CCCCC1. The molecular weight excluding hydrogens is 454 g/mol. The van der Waals surface area contributed by atoms with Crippen LogP contribution in [0.1, 0.15) is 40.0 Å². The molecule has 0 unspecified atom stereocenters. The van der Waals surface area contributed by atoms with Gasteiger partial charge < -0.3 is 15.0 Å². The number of thiocarbonyl (C=S) groups is 1. The number of piperidine rings is 1. The maximum absolute atomic E-state index is 12.9. The van der Waals surface area contributed by atoms with Crippen LogP contribution in [-0.4, -0.2) is 42.0 Å². The third-order valence-corrected chi connectivity index (χ3v) is 5.38. The molecule has 0 aliphatic carbocycles. The summed E-state index contributed by atoms with van der Waals surface area (Å²) in [6, 6.07) is 12.3. The zero-order valence-corrected chi connectivity index (χ0v) is 18.4. The standard InChI is InChI=1S/C21H22BrN3O3S/c1-28-18-10-9-14(22)13-16(18)19(26)24-21(29)23-17-8-4-3-7-15(17)20(27)25-11-5-2-6-12-25/h3-4,7-10,13H,2,5-6,11-12H2,1H3,(H2,23,24,26,29). The van der Waals surface area contributed by atoms with Gasteiger partial charge in [-0.15, -0.1) is 0 Å². The van der Waals surface area contributed by atoms with Crippen molar-refractivity contribution in [1.29, 1.82) is 0 Å². The Morgan fingerprint density at radius 2 is 1.79 bits per heavy atom. The number of ether oxygens (including phenoxy) is 1. The zero-order valence-electron chi connectivity index (χ0n) is 16.0. The molecule has 0 aromatic heterocycles. The average Bonchev–Trinajstić information content (AvgIpc) is 2.74. The van der Waals surface area contributed by atoms with Crippen molar-refractivity contribution in [3.63, 3.8) is 0 Å². The van der Waals surface area contributed by atoms with E-state index in [9.17, 15) is 9.59 Å². The number of hydrogen-bond donors (Lipinski definition) is 2. The minimum atomic E-state index is -0.402. The lowest BCUT2D eigenvalue weighted by Gasteiger charge is -2.27. The molecule has 1 aliphatic rings. The third kappa shape index (κ3) is 5.33. The van der Waals surface area contributed by atoms with Crippen molar-refractivity contribution in [3.05, 3.63) is 58.1 Å². The van der Waals surface area contributed by atoms with Gasteiger partial charge in [-0.25, -0.2) is 0 Å². The van der Waals surface area contributed by atoms with Gasteiger partial charge in [0.1, 0.15) is 5.75 Å². The predicted octanol–water partition coefficient (Wildman–Crippen LogP) is 4.21. The van der Waals surface area contributed by atoms with Crippen molar-refractivity contribution in [3.8, 4) is 5.75 Å². The van der Waals surface area contributed by atoms with E-state index in [1.807, 2.05) is 17.0 Å². The molecule has 2 amide bonds. The zero-order chi connectivity index (χ0) is 20.8. The smallest absolute Gasteiger partial charge is 0.261 e. The van der Waals surface area contributed by atoms with Gasteiger partial charge in [-0.3, -0.25) is 14.9 Å². The number of nitrogens with zero attached hydrogens (tertiary/aromatic N) is 1.